The lowest BCUT2D eigenvalue weighted by atomic mass is 9.97. The normalized spacial score (nSPS) is 15.8. The molecule has 1 aromatic heterocycles. The Morgan fingerprint density at radius 3 is 2.66 bits per heavy atom. The number of hydrogen-bond donors (Lipinski definition) is 2. The Bertz CT molecular complexity index is 986. The van der Waals surface area contributed by atoms with Crippen molar-refractivity contribution in [1.29, 1.82) is 0 Å². The van der Waals surface area contributed by atoms with Crippen LogP contribution in [0.25, 0.3) is 0 Å². The predicted octanol–water partition coefficient (Wildman–Crippen LogP) is 3.24. The number of nitrogens with zero attached hydrogens (tertiary/aromatic N) is 1. The Morgan fingerprint density at radius 1 is 1.28 bits per heavy atom. The quantitative estimate of drug-likeness (QED) is 0.754. The first-order valence-corrected chi connectivity index (χ1v) is 10.2. The van der Waals surface area contributed by atoms with Gasteiger partial charge in [-0.05, 0) is 50.5 Å². The summed E-state index contributed by atoms with van der Waals surface area (Å²) in [4.78, 5) is 30.0. The largest absolute Gasteiger partial charge is 0.489 e. The van der Waals surface area contributed by atoms with Crippen LogP contribution < -0.4 is 10.3 Å². The molecule has 2 N–H and O–H groups in total. The number of H-pyrrole nitrogens is 1. The molecular formula is C22H27ClN2O4. The summed E-state index contributed by atoms with van der Waals surface area (Å²) in [5, 5.41) is 9.60. The molecule has 0 aliphatic carbocycles. The first kappa shape index (κ1) is 21.4. The second-order valence-electron chi connectivity index (χ2n) is 7.81. The summed E-state index contributed by atoms with van der Waals surface area (Å²) < 4.78 is 5.90. The van der Waals surface area contributed by atoms with Crippen LogP contribution in [0, 0.1) is 19.8 Å². The van der Waals surface area contributed by atoms with Gasteiger partial charge in [-0.25, -0.2) is 0 Å². The van der Waals surface area contributed by atoms with Crippen LogP contribution in [-0.2, 0) is 13.0 Å². The maximum absolute atomic E-state index is 13.2. The van der Waals surface area contributed by atoms with Crippen molar-refractivity contribution < 1.29 is 14.6 Å². The lowest BCUT2D eigenvalue weighted by Gasteiger charge is -2.30. The molecule has 7 heteroatoms. The number of aliphatic hydroxyl groups excluding tert-OH is 1. The molecule has 3 rings (SSSR count). The van der Waals surface area contributed by atoms with E-state index in [9.17, 15) is 14.7 Å². The summed E-state index contributed by atoms with van der Waals surface area (Å²) in [5.41, 5.74) is 3.38. The molecule has 2 aromatic rings. The molecule has 0 saturated carbocycles. The van der Waals surface area contributed by atoms with Crippen LogP contribution in [0.15, 0.2) is 23.0 Å². The first-order valence-electron chi connectivity index (χ1n) is 9.80. The second-order valence-corrected chi connectivity index (χ2v) is 8.19. The molecule has 156 valence electrons. The molecule has 2 heterocycles. The predicted molar refractivity (Wildman–Crippen MR) is 113 cm³/mol. The topological polar surface area (TPSA) is 82.6 Å². The van der Waals surface area contributed by atoms with Gasteiger partial charge in [0.25, 0.3) is 11.5 Å². The number of hydrogen-bond acceptors (Lipinski definition) is 4. The number of pyridine rings is 1. The van der Waals surface area contributed by atoms with Crippen LogP contribution in [0.4, 0.5) is 0 Å². The third-order valence-corrected chi connectivity index (χ3v) is 5.97. The number of aryl methyl sites for hydroxylation is 2. The summed E-state index contributed by atoms with van der Waals surface area (Å²) in [6, 6.07) is 5.55. The summed E-state index contributed by atoms with van der Waals surface area (Å²) in [7, 11) is 0. The van der Waals surface area contributed by atoms with Crippen LogP contribution in [0.5, 0.6) is 5.75 Å². The molecule has 0 unspecified atom stereocenters. The van der Waals surface area contributed by atoms with Gasteiger partial charge >= 0.3 is 0 Å². The van der Waals surface area contributed by atoms with Gasteiger partial charge in [0.15, 0.2) is 0 Å². The number of carbonyl (C=O) groups excluding carboxylic acids is 1. The van der Waals surface area contributed by atoms with Crippen molar-refractivity contribution in [2.24, 2.45) is 5.92 Å². The minimum Gasteiger partial charge on any atom is -0.489 e. The van der Waals surface area contributed by atoms with Gasteiger partial charge in [0.2, 0.25) is 0 Å². The smallest absolute Gasteiger partial charge is 0.256 e. The molecule has 0 spiro atoms. The Kier molecular flexibility index (Phi) is 6.34. The zero-order valence-corrected chi connectivity index (χ0v) is 18.0. The van der Waals surface area contributed by atoms with E-state index < -0.39 is 0 Å². The Hall–Kier alpha value is -2.31. The maximum Gasteiger partial charge on any atom is 0.256 e. The van der Waals surface area contributed by atoms with E-state index in [1.807, 2.05) is 39.8 Å². The van der Waals surface area contributed by atoms with Gasteiger partial charge in [0.1, 0.15) is 11.9 Å². The number of rotatable bonds is 6. The minimum absolute atomic E-state index is 0.000875. The van der Waals surface area contributed by atoms with Crippen molar-refractivity contribution >= 4 is 17.5 Å². The third-order valence-electron chi connectivity index (χ3n) is 5.59. The van der Waals surface area contributed by atoms with Gasteiger partial charge < -0.3 is 19.7 Å². The van der Waals surface area contributed by atoms with Crippen molar-refractivity contribution in [3.8, 4) is 5.75 Å². The fraction of sp³-hybridized carbons (Fsp3) is 0.455. The standard InChI is InChI=1S/C22H27ClN2O4/c1-12-9-14(3)24-21(27)17(12)10-25-8-7-16-5-6-18(20(23)19(16)22(25)28)29-15(4)13(2)11-26/h5-6,9,13,15,26H,7-8,10-11H2,1-4H3,(H,24,27)/t13-,15-/m0/s1. The zero-order valence-electron chi connectivity index (χ0n) is 17.2. The molecule has 0 fully saturated rings. The van der Waals surface area contributed by atoms with Crippen LogP contribution in [-0.4, -0.2) is 40.2 Å². The molecule has 1 aliphatic heterocycles. The van der Waals surface area contributed by atoms with Gasteiger partial charge in [-0.1, -0.05) is 24.6 Å². The van der Waals surface area contributed by atoms with Crippen LogP contribution in [0.2, 0.25) is 5.02 Å². The van der Waals surface area contributed by atoms with E-state index in [1.165, 1.54) is 0 Å². The van der Waals surface area contributed by atoms with Crippen molar-refractivity contribution in [2.75, 3.05) is 13.2 Å². The van der Waals surface area contributed by atoms with E-state index in [-0.39, 0.29) is 41.7 Å². The summed E-state index contributed by atoms with van der Waals surface area (Å²) in [6.07, 6.45) is 0.408. The maximum atomic E-state index is 13.2. The number of aromatic amines is 1. The van der Waals surface area contributed by atoms with Crippen molar-refractivity contribution in [3.05, 3.63) is 61.5 Å². The number of ether oxygens (including phenoxy) is 1. The van der Waals surface area contributed by atoms with Crippen LogP contribution in [0.1, 0.15) is 46.6 Å². The van der Waals surface area contributed by atoms with E-state index in [0.717, 1.165) is 16.8 Å². The number of carbonyl (C=O) groups is 1. The second kappa shape index (κ2) is 8.59. The molecule has 0 radical (unpaired) electrons. The number of benzene rings is 1. The number of aromatic nitrogens is 1. The molecule has 6 nitrogen and oxygen atoms in total. The number of aliphatic hydroxyl groups is 1. The van der Waals surface area contributed by atoms with Gasteiger partial charge in [0.05, 0.1) is 17.1 Å². The van der Waals surface area contributed by atoms with Gasteiger partial charge in [-0.2, -0.15) is 0 Å². The number of halogens is 1. The number of amides is 1. The number of fused-ring (bicyclic) bond motifs is 1. The number of nitrogens with one attached hydrogen (secondary N) is 1. The molecule has 0 bridgehead atoms. The van der Waals surface area contributed by atoms with Gasteiger partial charge in [0, 0.05) is 30.3 Å². The molecule has 1 aliphatic rings. The van der Waals surface area contributed by atoms with Crippen molar-refractivity contribution in [3.63, 3.8) is 0 Å². The van der Waals surface area contributed by atoms with E-state index >= 15 is 0 Å². The average Bonchev–Trinajstić information content (AvgIpc) is 2.67. The average molecular weight is 419 g/mol. The highest BCUT2D eigenvalue weighted by Crippen LogP contribution is 2.35. The fourth-order valence-corrected chi connectivity index (χ4v) is 3.84. The lowest BCUT2D eigenvalue weighted by molar-refractivity contribution is 0.0723. The SMILES string of the molecule is Cc1cc(C)c(CN2CCc3ccc(O[C@@H](C)[C@@H](C)CO)c(Cl)c3C2=O)c(=O)[nH]1. The van der Waals surface area contributed by atoms with E-state index in [2.05, 4.69) is 4.98 Å². The Morgan fingerprint density at radius 2 is 2.00 bits per heavy atom. The van der Waals surface area contributed by atoms with Crippen molar-refractivity contribution in [2.45, 2.75) is 46.8 Å². The molecule has 29 heavy (non-hydrogen) atoms. The summed E-state index contributed by atoms with van der Waals surface area (Å²) >= 11 is 6.56. The van der Waals surface area contributed by atoms with E-state index in [0.29, 0.717) is 29.8 Å². The lowest BCUT2D eigenvalue weighted by Crippen LogP contribution is -2.39. The molecule has 0 saturated heterocycles. The molecule has 1 amide bonds. The third kappa shape index (κ3) is 4.33. The Labute approximate surface area is 175 Å². The Balaban J connectivity index is 1.89. The summed E-state index contributed by atoms with van der Waals surface area (Å²) in [5.74, 6) is 0.159. The fourth-order valence-electron chi connectivity index (χ4n) is 3.53. The van der Waals surface area contributed by atoms with Crippen LogP contribution >= 0.6 is 11.6 Å². The first-order chi connectivity index (χ1) is 13.7. The highest BCUT2D eigenvalue weighted by Gasteiger charge is 2.30. The minimum atomic E-state index is -0.251. The van der Waals surface area contributed by atoms with Gasteiger partial charge in [-0.15, -0.1) is 0 Å². The molecule has 2 atom stereocenters. The van der Waals surface area contributed by atoms with Crippen molar-refractivity contribution in [1.82, 2.24) is 9.88 Å². The zero-order chi connectivity index (χ0) is 21.3. The van der Waals surface area contributed by atoms with E-state index in [4.69, 9.17) is 16.3 Å². The molecule has 1 aromatic carbocycles. The van der Waals surface area contributed by atoms with Gasteiger partial charge in [-0.3, -0.25) is 9.59 Å². The molecular weight excluding hydrogens is 392 g/mol. The van der Waals surface area contributed by atoms with Crippen LogP contribution in [0.3, 0.4) is 0 Å². The summed E-state index contributed by atoms with van der Waals surface area (Å²) in [6.45, 7) is 8.21. The monoisotopic (exact) mass is 418 g/mol. The van der Waals surface area contributed by atoms with E-state index in [1.54, 1.807) is 11.0 Å². The highest BCUT2D eigenvalue weighted by molar-refractivity contribution is 6.35. The highest BCUT2D eigenvalue weighted by atomic mass is 35.5.